The molecule has 0 aromatic heterocycles. The summed E-state index contributed by atoms with van der Waals surface area (Å²) in [5.41, 5.74) is 8.28. The lowest BCUT2D eigenvalue weighted by molar-refractivity contribution is 0.531. The monoisotopic (exact) mass is 304 g/mol. The minimum absolute atomic E-state index is 0.267. The summed E-state index contributed by atoms with van der Waals surface area (Å²) in [5.74, 6) is 0. The number of halogens is 1. The van der Waals surface area contributed by atoms with Gasteiger partial charge in [0.05, 0.1) is 0 Å². The molecule has 1 unspecified atom stereocenters. The van der Waals surface area contributed by atoms with Crippen molar-refractivity contribution in [1.82, 2.24) is 5.32 Å². The Morgan fingerprint density at radius 1 is 1.20 bits per heavy atom. The third-order valence-electron chi connectivity index (χ3n) is 3.50. The first kappa shape index (κ1) is 14.0. The molecule has 0 aliphatic carbocycles. The van der Waals surface area contributed by atoms with Gasteiger partial charge in [0.15, 0.2) is 0 Å². The highest BCUT2D eigenvalue weighted by atomic mass is 35.5. The van der Waals surface area contributed by atoms with Gasteiger partial charge >= 0.3 is 0 Å². The Kier molecular flexibility index (Phi) is 4.32. The van der Waals surface area contributed by atoms with Crippen LogP contribution < -0.4 is 11.1 Å². The van der Waals surface area contributed by atoms with Gasteiger partial charge in [0.25, 0.3) is 0 Å². The number of hydrogen-bond acceptors (Lipinski definition) is 3. The molecule has 104 valence electrons. The largest absolute Gasteiger partial charge is 0.329 e. The number of hydrogen-bond donors (Lipinski definition) is 2. The molecule has 0 saturated carbocycles. The van der Waals surface area contributed by atoms with E-state index in [1.807, 2.05) is 17.8 Å². The highest BCUT2D eigenvalue weighted by Gasteiger charge is 2.22. The van der Waals surface area contributed by atoms with Crippen molar-refractivity contribution >= 4 is 23.4 Å². The molecule has 0 saturated heterocycles. The quantitative estimate of drug-likeness (QED) is 0.909. The Labute approximate surface area is 128 Å². The third kappa shape index (κ3) is 2.86. The molecule has 0 spiro atoms. The summed E-state index contributed by atoms with van der Waals surface area (Å²) in [6.07, 6.45) is 0.969. The zero-order valence-electron chi connectivity index (χ0n) is 11.1. The van der Waals surface area contributed by atoms with E-state index in [4.69, 9.17) is 17.3 Å². The predicted molar refractivity (Wildman–Crippen MR) is 85.5 cm³/mol. The third-order valence-corrected chi connectivity index (χ3v) is 4.94. The second-order valence-electron chi connectivity index (χ2n) is 4.89. The zero-order valence-corrected chi connectivity index (χ0v) is 12.7. The summed E-state index contributed by atoms with van der Waals surface area (Å²) < 4.78 is 0. The van der Waals surface area contributed by atoms with Crippen LogP contribution in [0, 0.1) is 0 Å². The molecule has 0 radical (unpaired) electrons. The normalized spacial score (nSPS) is 17.2. The van der Waals surface area contributed by atoms with E-state index in [9.17, 15) is 0 Å². The number of rotatable bonds is 3. The van der Waals surface area contributed by atoms with Gasteiger partial charge in [0.1, 0.15) is 0 Å². The van der Waals surface area contributed by atoms with Gasteiger partial charge in [-0.05, 0) is 41.8 Å². The maximum atomic E-state index is 6.18. The average Bonchev–Trinajstić information content (AvgIpc) is 2.61. The molecular weight excluding hydrogens is 288 g/mol. The van der Waals surface area contributed by atoms with E-state index < -0.39 is 0 Å². The van der Waals surface area contributed by atoms with E-state index in [0.717, 1.165) is 18.0 Å². The average molecular weight is 305 g/mol. The van der Waals surface area contributed by atoms with Crippen LogP contribution in [0.3, 0.4) is 0 Å². The van der Waals surface area contributed by atoms with Crippen LogP contribution in [0.25, 0.3) is 0 Å². The van der Waals surface area contributed by atoms with Gasteiger partial charge in [-0.15, -0.1) is 0 Å². The number of benzene rings is 2. The molecule has 1 atom stereocenters. The van der Waals surface area contributed by atoms with Crippen LogP contribution in [0.4, 0.5) is 0 Å². The standard InChI is InChI=1S/C16H17ClN2S/c17-12-5-6-16-13(10-12)14(19-8-7-18)9-11-3-1-2-4-15(11)20-16/h1-6,10,14,19H,7-9,18H2. The van der Waals surface area contributed by atoms with E-state index in [1.165, 1.54) is 20.9 Å². The van der Waals surface area contributed by atoms with Gasteiger partial charge in [-0.3, -0.25) is 0 Å². The fraction of sp³-hybridized carbons (Fsp3) is 0.250. The van der Waals surface area contributed by atoms with Crippen LogP contribution in [0.5, 0.6) is 0 Å². The first-order valence-electron chi connectivity index (χ1n) is 6.76. The molecule has 0 bridgehead atoms. The lowest BCUT2D eigenvalue weighted by Gasteiger charge is -2.19. The fourth-order valence-electron chi connectivity index (χ4n) is 2.54. The molecule has 20 heavy (non-hydrogen) atoms. The first-order chi connectivity index (χ1) is 9.78. The Morgan fingerprint density at radius 3 is 2.90 bits per heavy atom. The summed E-state index contributed by atoms with van der Waals surface area (Å²) in [6, 6.07) is 15.0. The molecule has 1 aliphatic heterocycles. The van der Waals surface area contributed by atoms with Crippen molar-refractivity contribution in [3.8, 4) is 0 Å². The second kappa shape index (κ2) is 6.19. The van der Waals surface area contributed by atoms with Crippen LogP contribution >= 0.6 is 23.4 Å². The summed E-state index contributed by atoms with van der Waals surface area (Å²) >= 11 is 8.00. The molecule has 4 heteroatoms. The fourth-order valence-corrected chi connectivity index (χ4v) is 3.85. The molecule has 1 heterocycles. The minimum atomic E-state index is 0.267. The van der Waals surface area contributed by atoms with Crippen molar-refractivity contribution in [2.24, 2.45) is 5.73 Å². The number of fused-ring (bicyclic) bond motifs is 2. The van der Waals surface area contributed by atoms with Crippen LogP contribution in [-0.2, 0) is 6.42 Å². The van der Waals surface area contributed by atoms with E-state index >= 15 is 0 Å². The van der Waals surface area contributed by atoms with E-state index in [-0.39, 0.29) is 6.04 Å². The van der Waals surface area contributed by atoms with E-state index in [2.05, 4.69) is 41.7 Å². The van der Waals surface area contributed by atoms with Crippen molar-refractivity contribution in [2.45, 2.75) is 22.3 Å². The minimum Gasteiger partial charge on any atom is -0.329 e. The number of nitrogens with two attached hydrogens (primary N) is 1. The Bertz CT molecular complexity index is 615. The zero-order chi connectivity index (χ0) is 13.9. The Hall–Kier alpha value is -1.00. The van der Waals surface area contributed by atoms with Crippen LogP contribution in [0.15, 0.2) is 52.3 Å². The smallest absolute Gasteiger partial charge is 0.0410 e. The molecule has 0 fully saturated rings. The van der Waals surface area contributed by atoms with Gasteiger partial charge in [-0.2, -0.15) is 0 Å². The number of nitrogens with one attached hydrogen (secondary N) is 1. The molecular formula is C16H17ClN2S. The van der Waals surface area contributed by atoms with Crippen LogP contribution in [0.2, 0.25) is 5.02 Å². The lowest BCUT2D eigenvalue weighted by Crippen LogP contribution is -2.28. The molecule has 1 aliphatic rings. The van der Waals surface area contributed by atoms with Crippen molar-refractivity contribution < 1.29 is 0 Å². The van der Waals surface area contributed by atoms with Gasteiger partial charge < -0.3 is 11.1 Å². The van der Waals surface area contributed by atoms with Gasteiger partial charge in [-0.1, -0.05) is 41.6 Å². The highest BCUT2D eigenvalue weighted by Crippen LogP contribution is 2.41. The summed E-state index contributed by atoms with van der Waals surface area (Å²) in [5, 5.41) is 4.33. The maximum Gasteiger partial charge on any atom is 0.0410 e. The van der Waals surface area contributed by atoms with Crippen LogP contribution in [0.1, 0.15) is 17.2 Å². The van der Waals surface area contributed by atoms with Crippen molar-refractivity contribution in [2.75, 3.05) is 13.1 Å². The van der Waals surface area contributed by atoms with Gasteiger partial charge in [-0.25, -0.2) is 0 Å². The molecule has 0 amide bonds. The highest BCUT2D eigenvalue weighted by molar-refractivity contribution is 7.99. The maximum absolute atomic E-state index is 6.18. The van der Waals surface area contributed by atoms with Crippen molar-refractivity contribution in [1.29, 1.82) is 0 Å². The Balaban J connectivity index is 2.04. The van der Waals surface area contributed by atoms with Gasteiger partial charge in [0, 0.05) is 33.9 Å². The van der Waals surface area contributed by atoms with Crippen molar-refractivity contribution in [3.63, 3.8) is 0 Å². The molecule has 2 aromatic rings. The molecule has 2 nitrogen and oxygen atoms in total. The molecule has 2 aromatic carbocycles. The van der Waals surface area contributed by atoms with Gasteiger partial charge in [0.2, 0.25) is 0 Å². The summed E-state index contributed by atoms with van der Waals surface area (Å²) in [6.45, 7) is 1.45. The topological polar surface area (TPSA) is 38.0 Å². The lowest BCUT2D eigenvalue weighted by atomic mass is 9.99. The summed E-state index contributed by atoms with van der Waals surface area (Å²) in [7, 11) is 0. The van der Waals surface area contributed by atoms with E-state index in [0.29, 0.717) is 6.54 Å². The molecule has 3 N–H and O–H groups in total. The van der Waals surface area contributed by atoms with Crippen molar-refractivity contribution in [3.05, 3.63) is 58.6 Å². The Morgan fingerprint density at radius 2 is 2.05 bits per heavy atom. The predicted octanol–water partition coefficient (Wildman–Crippen LogP) is 3.64. The van der Waals surface area contributed by atoms with Crippen LogP contribution in [-0.4, -0.2) is 13.1 Å². The molecule has 3 rings (SSSR count). The van der Waals surface area contributed by atoms with E-state index in [1.54, 1.807) is 0 Å². The second-order valence-corrected chi connectivity index (χ2v) is 6.41. The summed E-state index contributed by atoms with van der Waals surface area (Å²) in [4.78, 5) is 2.60. The first-order valence-corrected chi connectivity index (χ1v) is 7.96. The SMILES string of the molecule is NCCNC1Cc2ccccc2Sc2ccc(Cl)cc21.